The van der Waals surface area contributed by atoms with Crippen molar-refractivity contribution in [1.29, 1.82) is 0 Å². The average Bonchev–Trinajstić information content (AvgIpc) is 1.48. The number of benzene rings is 22. The minimum Gasteiger partial charge on any atom is -0.309 e. The van der Waals surface area contributed by atoms with Crippen LogP contribution in [0.3, 0.4) is 0 Å². The van der Waals surface area contributed by atoms with Crippen LogP contribution in [0.4, 0.5) is 0 Å². The highest BCUT2D eigenvalue weighted by Gasteiger charge is 2.27. The number of rotatable bonds is 12. The number of nitrogens with zero attached hydrogens (tertiary/aromatic N) is 6. The van der Waals surface area contributed by atoms with Gasteiger partial charge in [0.2, 0.25) is 0 Å². The molecule has 0 N–H and O–H groups in total. The summed E-state index contributed by atoms with van der Waals surface area (Å²) in [5.74, 6) is 0. The van der Waals surface area contributed by atoms with Gasteiger partial charge in [-0.15, -0.1) is 0 Å². The highest BCUT2D eigenvalue weighted by Crippen LogP contribution is 2.50. The normalized spacial score (nSPS) is 11.7. The third-order valence-corrected chi connectivity index (χ3v) is 26.4. The van der Waals surface area contributed by atoms with Gasteiger partial charge >= 0.3 is 0 Å². The number of hydrogen-bond acceptors (Lipinski definition) is 4. The molecule has 130 heavy (non-hydrogen) atoms. The van der Waals surface area contributed by atoms with Gasteiger partial charge in [-0.25, -0.2) is 19.9 Å². The maximum Gasteiger partial charge on any atom is 0.0979 e. The fraction of sp³-hybridized carbons (Fsp3) is 0. The van der Waals surface area contributed by atoms with E-state index >= 15 is 0 Å². The molecule has 0 aliphatic carbocycles. The lowest BCUT2D eigenvalue weighted by molar-refractivity contribution is 1.20. The summed E-state index contributed by atoms with van der Waals surface area (Å²) in [6.45, 7) is 0. The summed E-state index contributed by atoms with van der Waals surface area (Å²) in [6.07, 6.45) is 0. The molecule has 0 amide bonds. The molecule has 26 aromatic rings. The van der Waals surface area contributed by atoms with Crippen LogP contribution in [-0.2, 0) is 0 Å². The fourth-order valence-corrected chi connectivity index (χ4v) is 20.3. The van der Waals surface area contributed by atoms with Crippen LogP contribution < -0.4 is 0 Å². The van der Waals surface area contributed by atoms with Crippen LogP contribution in [0.25, 0.3) is 253 Å². The van der Waals surface area contributed by atoms with Gasteiger partial charge in [0.15, 0.2) is 0 Å². The second-order valence-corrected chi connectivity index (χ2v) is 33.7. The fourth-order valence-electron chi connectivity index (χ4n) is 20.3. The lowest BCUT2D eigenvalue weighted by Crippen LogP contribution is -1.99. The SMILES string of the molecule is c1ccc(-c2ccc(-c3ccc(-c4nc5ccccc5nc4-c4cccc5c(-n6c7ccc8ccccc8c7c7c8ccccc8c(-c8ccccc8)cc76)cccc45)cc3)cc2)cc1.c1ccc(-c2ccc(-c3cccc(-c4nc5ccccc5nc4-c4cccc5c(-n6c7ccc8ccccc8c7c7c8ccccc8c(-c8ccccc8)cc76)cccc45)c3)cc2)cc1. The Kier molecular flexibility index (Phi) is 18.2. The van der Waals surface area contributed by atoms with E-state index in [2.05, 4.69) is 458 Å². The lowest BCUT2D eigenvalue weighted by atomic mass is 9.94. The maximum absolute atomic E-state index is 5.46. The molecule has 0 fully saturated rings. The number of aromatic nitrogens is 6. The summed E-state index contributed by atoms with van der Waals surface area (Å²) in [7, 11) is 0. The summed E-state index contributed by atoms with van der Waals surface area (Å²) in [6, 6.07) is 170. The van der Waals surface area contributed by atoms with Crippen LogP contribution in [0.1, 0.15) is 0 Å². The molecule has 4 heterocycles. The number of para-hydroxylation sites is 4. The van der Waals surface area contributed by atoms with Gasteiger partial charge in [0, 0.05) is 54.6 Å². The Balaban J connectivity index is 0.000000140. The molecular formula is C124H78N6. The van der Waals surface area contributed by atoms with Gasteiger partial charge in [0.05, 0.1) is 78.3 Å². The minimum atomic E-state index is 0.853. The van der Waals surface area contributed by atoms with Crippen molar-refractivity contribution in [2.45, 2.75) is 0 Å². The lowest BCUT2D eigenvalue weighted by Gasteiger charge is -2.17. The highest BCUT2D eigenvalue weighted by molar-refractivity contribution is 6.32. The zero-order chi connectivity index (χ0) is 85.7. The molecule has 0 bridgehead atoms. The maximum atomic E-state index is 5.46. The van der Waals surface area contributed by atoms with Crippen LogP contribution in [0.2, 0.25) is 0 Å². The van der Waals surface area contributed by atoms with Gasteiger partial charge in [0.25, 0.3) is 0 Å². The molecule has 6 nitrogen and oxygen atoms in total. The monoisotopic (exact) mass is 1650 g/mol. The predicted octanol–water partition coefficient (Wildman–Crippen LogP) is 33.0. The van der Waals surface area contributed by atoms with Crippen LogP contribution in [-0.4, -0.2) is 29.1 Å². The Bertz CT molecular complexity index is 8990. The molecule has 22 aromatic carbocycles. The van der Waals surface area contributed by atoms with Gasteiger partial charge in [-0.2, -0.15) is 0 Å². The molecule has 0 aliphatic rings. The third kappa shape index (κ3) is 12.8. The Morgan fingerprint density at radius 2 is 0.408 bits per heavy atom. The topological polar surface area (TPSA) is 61.4 Å². The Hall–Kier alpha value is -17.3. The van der Waals surface area contributed by atoms with Gasteiger partial charge in [-0.05, 0) is 187 Å². The summed E-state index contributed by atoms with van der Waals surface area (Å²) >= 11 is 0. The van der Waals surface area contributed by atoms with Crippen molar-refractivity contribution in [3.8, 4) is 123 Å². The van der Waals surface area contributed by atoms with Crippen molar-refractivity contribution >= 4 is 130 Å². The van der Waals surface area contributed by atoms with Crippen LogP contribution in [0.5, 0.6) is 0 Å². The summed E-state index contributed by atoms with van der Waals surface area (Å²) in [4.78, 5) is 21.6. The molecule has 0 saturated carbocycles. The van der Waals surface area contributed by atoms with E-state index in [1.807, 2.05) is 24.3 Å². The predicted molar refractivity (Wildman–Crippen MR) is 547 cm³/mol. The second-order valence-electron chi connectivity index (χ2n) is 33.7. The molecule has 604 valence electrons. The van der Waals surface area contributed by atoms with E-state index in [0.29, 0.717) is 0 Å². The van der Waals surface area contributed by atoms with Crippen molar-refractivity contribution in [3.05, 3.63) is 473 Å². The molecule has 0 aliphatic heterocycles. The first-order valence-electron chi connectivity index (χ1n) is 44.5. The first-order valence-corrected chi connectivity index (χ1v) is 44.5. The number of hydrogen-bond donors (Lipinski definition) is 0. The van der Waals surface area contributed by atoms with E-state index in [1.165, 1.54) is 137 Å². The second kappa shape index (κ2) is 31.4. The molecule has 0 radical (unpaired) electrons. The molecule has 6 heteroatoms. The summed E-state index contributed by atoms with van der Waals surface area (Å²) in [5.41, 5.74) is 32.2. The molecular weight excluding hydrogens is 1570 g/mol. The van der Waals surface area contributed by atoms with Gasteiger partial charge in [-0.1, -0.05) is 406 Å². The largest absolute Gasteiger partial charge is 0.309 e. The van der Waals surface area contributed by atoms with E-state index in [1.54, 1.807) is 0 Å². The quantitative estimate of drug-likeness (QED) is 0.122. The highest BCUT2D eigenvalue weighted by atomic mass is 15.0. The smallest absolute Gasteiger partial charge is 0.0979 e. The van der Waals surface area contributed by atoms with E-state index < -0.39 is 0 Å². The van der Waals surface area contributed by atoms with E-state index in [9.17, 15) is 0 Å². The van der Waals surface area contributed by atoms with Crippen molar-refractivity contribution in [2.24, 2.45) is 0 Å². The first-order chi connectivity index (χ1) is 64.5. The Morgan fingerprint density at radius 3 is 0.823 bits per heavy atom. The summed E-state index contributed by atoms with van der Waals surface area (Å²) in [5, 5.41) is 19.5. The average molecular weight is 1650 g/mol. The third-order valence-electron chi connectivity index (χ3n) is 26.4. The summed E-state index contributed by atoms with van der Waals surface area (Å²) < 4.78 is 5.00. The minimum absolute atomic E-state index is 0.853. The van der Waals surface area contributed by atoms with Crippen LogP contribution in [0.15, 0.2) is 473 Å². The van der Waals surface area contributed by atoms with E-state index in [0.717, 1.165) is 117 Å². The van der Waals surface area contributed by atoms with Gasteiger partial charge < -0.3 is 9.13 Å². The van der Waals surface area contributed by atoms with Crippen LogP contribution >= 0.6 is 0 Å². The van der Waals surface area contributed by atoms with Crippen molar-refractivity contribution in [3.63, 3.8) is 0 Å². The molecule has 4 aromatic heterocycles. The molecule has 0 saturated heterocycles. The zero-order valence-electron chi connectivity index (χ0n) is 70.7. The Labute approximate surface area is 750 Å². The van der Waals surface area contributed by atoms with Crippen LogP contribution in [0, 0.1) is 0 Å². The van der Waals surface area contributed by atoms with Gasteiger partial charge in [-0.3, -0.25) is 0 Å². The zero-order valence-corrected chi connectivity index (χ0v) is 70.7. The standard InChI is InChI=1S/2C62H39N3/c1-3-16-40(17-4-1)41-32-34-42(35-33-41)45-21-13-22-46(38-45)61-62(64-55-30-12-11-29-54(55)63-61)52-28-14-27-50-48(52)26-15-31-56(50)65-57-37-36-44-20-7-8-23-47(44)59(57)60-51-25-10-9-24-49(51)53(39-58(60)65)43-18-5-2-6-19-43;1-3-15-40(16-4-1)41-29-31-42(32-30-41)43-33-35-46(36-34-43)61-62(64-55-27-12-11-26-54(55)63-61)52-25-13-24-50-48(52)23-14-28-56(50)65-57-38-37-45-19-7-8-20-47(45)59(57)60-51-22-10-9-21-49(51)53(39-58(60)65)44-17-5-2-6-18-44/h2*1-39H. The Morgan fingerprint density at radius 1 is 0.138 bits per heavy atom. The molecule has 0 atom stereocenters. The van der Waals surface area contributed by atoms with E-state index in [4.69, 9.17) is 19.9 Å². The molecule has 0 spiro atoms. The van der Waals surface area contributed by atoms with Crippen molar-refractivity contribution in [2.75, 3.05) is 0 Å². The van der Waals surface area contributed by atoms with Crippen molar-refractivity contribution < 1.29 is 0 Å². The van der Waals surface area contributed by atoms with Crippen molar-refractivity contribution in [1.82, 2.24) is 29.1 Å². The van der Waals surface area contributed by atoms with Gasteiger partial charge in [0.1, 0.15) is 0 Å². The number of fused-ring (bicyclic) bond motifs is 18. The molecule has 0 unspecified atom stereocenters. The van der Waals surface area contributed by atoms with E-state index in [-0.39, 0.29) is 0 Å². The molecule has 26 rings (SSSR count). The first kappa shape index (κ1) is 75.2.